The minimum absolute atomic E-state index is 0.272. The van der Waals surface area contributed by atoms with Crippen molar-refractivity contribution in [3.8, 4) is 0 Å². The summed E-state index contributed by atoms with van der Waals surface area (Å²) in [5, 5.41) is 0. The minimum atomic E-state index is -4.49. The van der Waals surface area contributed by atoms with Crippen LogP contribution in [0.4, 0.5) is 17.6 Å². The maximum Gasteiger partial charge on any atom is 0.416 e. The number of rotatable bonds is 3. The molecule has 0 aliphatic carbocycles. The average Bonchev–Trinajstić information content (AvgIpc) is 2.14. The molecule has 84 valence electrons. The molecule has 15 heavy (non-hydrogen) atoms. The normalized spacial score (nSPS) is 11.8. The van der Waals surface area contributed by atoms with Crippen molar-refractivity contribution in [2.24, 2.45) is 5.73 Å². The van der Waals surface area contributed by atoms with E-state index in [1.54, 1.807) is 0 Å². The third-order valence-electron chi connectivity index (χ3n) is 2.03. The first-order valence-corrected chi connectivity index (χ1v) is 4.51. The smallest absolute Gasteiger partial charge is 0.330 e. The molecule has 0 heterocycles. The zero-order valence-corrected chi connectivity index (χ0v) is 7.94. The lowest BCUT2D eigenvalue weighted by molar-refractivity contribution is -0.137. The van der Waals surface area contributed by atoms with Crippen LogP contribution >= 0.6 is 0 Å². The van der Waals surface area contributed by atoms with Crippen LogP contribution in [0.25, 0.3) is 0 Å². The molecule has 1 aromatic rings. The maximum atomic E-state index is 13.2. The summed E-state index contributed by atoms with van der Waals surface area (Å²) in [5.41, 5.74) is 4.53. The second-order valence-corrected chi connectivity index (χ2v) is 3.20. The molecule has 0 amide bonds. The molecule has 0 saturated carbocycles. The van der Waals surface area contributed by atoms with Crippen molar-refractivity contribution in [2.75, 3.05) is 6.54 Å². The quantitative estimate of drug-likeness (QED) is 0.780. The Bertz CT molecular complexity index is 333. The molecule has 1 aromatic carbocycles. The second-order valence-electron chi connectivity index (χ2n) is 3.20. The van der Waals surface area contributed by atoms with E-state index in [9.17, 15) is 17.6 Å². The molecule has 0 bridgehead atoms. The molecule has 0 aromatic heterocycles. The van der Waals surface area contributed by atoms with Crippen LogP contribution < -0.4 is 5.73 Å². The van der Waals surface area contributed by atoms with Crippen LogP contribution in [0.5, 0.6) is 0 Å². The molecule has 1 rings (SSSR count). The van der Waals surface area contributed by atoms with Crippen LogP contribution in [0.3, 0.4) is 0 Å². The number of halogens is 4. The number of benzene rings is 1. The molecule has 0 atom stereocenters. The van der Waals surface area contributed by atoms with Gasteiger partial charge in [-0.05, 0) is 37.1 Å². The Hall–Kier alpha value is -1.10. The zero-order valence-electron chi connectivity index (χ0n) is 7.94. The lowest BCUT2D eigenvalue weighted by atomic mass is 10.1. The highest BCUT2D eigenvalue weighted by Gasteiger charge is 2.30. The van der Waals surface area contributed by atoms with Crippen LogP contribution in [0.15, 0.2) is 18.2 Å². The summed E-state index contributed by atoms with van der Waals surface area (Å²) in [5.74, 6) is -0.821. The average molecular weight is 221 g/mol. The summed E-state index contributed by atoms with van der Waals surface area (Å²) >= 11 is 0. The van der Waals surface area contributed by atoms with Crippen molar-refractivity contribution in [1.29, 1.82) is 0 Å². The van der Waals surface area contributed by atoms with Gasteiger partial charge >= 0.3 is 6.18 Å². The third-order valence-corrected chi connectivity index (χ3v) is 2.03. The van der Waals surface area contributed by atoms with E-state index in [1.165, 1.54) is 0 Å². The van der Waals surface area contributed by atoms with Crippen molar-refractivity contribution in [3.05, 3.63) is 35.1 Å². The molecule has 5 heteroatoms. The van der Waals surface area contributed by atoms with Crippen molar-refractivity contribution < 1.29 is 17.6 Å². The summed E-state index contributed by atoms with van der Waals surface area (Å²) in [6.07, 6.45) is -3.57. The lowest BCUT2D eigenvalue weighted by Crippen LogP contribution is -2.07. The van der Waals surface area contributed by atoms with Gasteiger partial charge in [-0.2, -0.15) is 13.2 Å². The molecule has 0 unspecified atom stereocenters. The van der Waals surface area contributed by atoms with Crippen molar-refractivity contribution in [3.63, 3.8) is 0 Å². The predicted molar refractivity (Wildman–Crippen MR) is 48.8 cm³/mol. The highest BCUT2D eigenvalue weighted by Crippen LogP contribution is 2.30. The Labute approximate surface area is 84.9 Å². The van der Waals surface area contributed by atoms with E-state index in [-0.39, 0.29) is 5.56 Å². The minimum Gasteiger partial charge on any atom is -0.330 e. The SMILES string of the molecule is NCCCc1ccc(C(F)(F)F)cc1F. The van der Waals surface area contributed by atoms with Gasteiger partial charge in [0.25, 0.3) is 0 Å². The van der Waals surface area contributed by atoms with Crippen molar-refractivity contribution in [2.45, 2.75) is 19.0 Å². The van der Waals surface area contributed by atoms with Crippen LogP contribution in [0.1, 0.15) is 17.5 Å². The Morgan fingerprint density at radius 2 is 1.87 bits per heavy atom. The zero-order chi connectivity index (χ0) is 11.5. The van der Waals surface area contributed by atoms with Crippen LogP contribution in [0.2, 0.25) is 0 Å². The summed E-state index contributed by atoms with van der Waals surface area (Å²) in [6.45, 7) is 0.389. The second kappa shape index (κ2) is 4.61. The fourth-order valence-electron chi connectivity index (χ4n) is 1.22. The molecule has 0 radical (unpaired) electrons. The molecule has 0 saturated heterocycles. The first kappa shape index (κ1) is 12.0. The number of hydrogen-bond donors (Lipinski definition) is 1. The van der Waals surface area contributed by atoms with Gasteiger partial charge in [-0.1, -0.05) is 6.07 Å². The summed E-state index contributed by atoms with van der Waals surface area (Å²) < 4.78 is 49.7. The van der Waals surface area contributed by atoms with Crippen LogP contribution in [-0.2, 0) is 12.6 Å². The Kier molecular flexibility index (Phi) is 3.68. The van der Waals surface area contributed by atoms with Gasteiger partial charge in [0, 0.05) is 0 Å². The maximum absolute atomic E-state index is 13.2. The Morgan fingerprint density at radius 1 is 1.20 bits per heavy atom. The van der Waals surface area contributed by atoms with Gasteiger partial charge in [0.1, 0.15) is 5.82 Å². The third kappa shape index (κ3) is 3.20. The number of alkyl halides is 3. The van der Waals surface area contributed by atoms with Crippen LogP contribution in [0, 0.1) is 5.82 Å². The van der Waals surface area contributed by atoms with E-state index >= 15 is 0 Å². The van der Waals surface area contributed by atoms with E-state index in [1.807, 2.05) is 0 Å². The molecule has 0 aliphatic rings. The highest BCUT2D eigenvalue weighted by atomic mass is 19.4. The van der Waals surface area contributed by atoms with Gasteiger partial charge in [-0.3, -0.25) is 0 Å². The first-order valence-electron chi connectivity index (χ1n) is 4.51. The molecule has 0 spiro atoms. The van der Waals surface area contributed by atoms with Gasteiger partial charge in [0.05, 0.1) is 5.56 Å². The van der Waals surface area contributed by atoms with E-state index in [4.69, 9.17) is 5.73 Å². The largest absolute Gasteiger partial charge is 0.416 e. The van der Waals surface area contributed by atoms with E-state index in [0.29, 0.717) is 25.5 Å². The summed E-state index contributed by atoms with van der Waals surface area (Å²) in [4.78, 5) is 0. The molecule has 0 aliphatic heterocycles. The fraction of sp³-hybridized carbons (Fsp3) is 0.400. The van der Waals surface area contributed by atoms with E-state index in [0.717, 1.165) is 12.1 Å². The molecular weight excluding hydrogens is 210 g/mol. The standard InChI is InChI=1S/C10H11F4N/c11-9-6-8(10(12,13)14)4-3-7(9)2-1-5-15/h3-4,6H,1-2,5,15H2. The lowest BCUT2D eigenvalue weighted by Gasteiger charge is -2.08. The highest BCUT2D eigenvalue weighted by molar-refractivity contribution is 5.26. The van der Waals surface area contributed by atoms with Gasteiger partial charge in [-0.15, -0.1) is 0 Å². The number of hydrogen-bond acceptors (Lipinski definition) is 1. The van der Waals surface area contributed by atoms with Gasteiger partial charge < -0.3 is 5.73 Å². The van der Waals surface area contributed by atoms with Crippen LogP contribution in [-0.4, -0.2) is 6.54 Å². The summed E-state index contributed by atoms with van der Waals surface area (Å²) in [6, 6.07) is 2.56. The van der Waals surface area contributed by atoms with Gasteiger partial charge in [0.2, 0.25) is 0 Å². The molecule has 0 fully saturated rings. The van der Waals surface area contributed by atoms with Crippen molar-refractivity contribution >= 4 is 0 Å². The molecule has 1 nitrogen and oxygen atoms in total. The summed E-state index contributed by atoms with van der Waals surface area (Å²) in [7, 11) is 0. The Morgan fingerprint density at radius 3 is 2.33 bits per heavy atom. The number of aryl methyl sites for hydroxylation is 1. The molecule has 2 N–H and O–H groups in total. The molecular formula is C10H11F4N. The van der Waals surface area contributed by atoms with E-state index in [2.05, 4.69) is 0 Å². The topological polar surface area (TPSA) is 26.0 Å². The predicted octanol–water partition coefficient (Wildman–Crippen LogP) is 2.74. The number of nitrogens with two attached hydrogens (primary N) is 1. The van der Waals surface area contributed by atoms with Crippen molar-refractivity contribution in [1.82, 2.24) is 0 Å². The Balaban J connectivity index is 2.88. The fourth-order valence-corrected chi connectivity index (χ4v) is 1.22. The monoisotopic (exact) mass is 221 g/mol. The van der Waals surface area contributed by atoms with E-state index < -0.39 is 17.6 Å². The van der Waals surface area contributed by atoms with Gasteiger partial charge in [-0.25, -0.2) is 4.39 Å². The van der Waals surface area contributed by atoms with Gasteiger partial charge in [0.15, 0.2) is 0 Å². The first-order chi connectivity index (χ1) is 6.95.